The lowest BCUT2D eigenvalue weighted by molar-refractivity contribution is -0.131. The summed E-state index contributed by atoms with van der Waals surface area (Å²) in [6, 6.07) is 0.760. The summed E-state index contributed by atoms with van der Waals surface area (Å²) in [6.45, 7) is 2.08. The number of hydrogen-bond donors (Lipinski definition) is 2. The Morgan fingerprint density at radius 3 is 2.66 bits per heavy atom. The van der Waals surface area contributed by atoms with Crippen LogP contribution in [-0.4, -0.2) is 59.0 Å². The van der Waals surface area contributed by atoms with Crippen molar-refractivity contribution < 1.29 is 32.7 Å². The third kappa shape index (κ3) is 4.58. The molecule has 2 aliphatic carbocycles. The molecule has 1 aromatic carbocycles. The quantitative estimate of drug-likeness (QED) is 0.539. The summed E-state index contributed by atoms with van der Waals surface area (Å²) in [5.74, 6) is -3.21. The molecule has 1 aromatic heterocycles. The summed E-state index contributed by atoms with van der Waals surface area (Å²) in [7, 11) is 1.33. The lowest BCUT2D eigenvalue weighted by atomic mass is 9.91. The van der Waals surface area contributed by atoms with E-state index in [1.54, 1.807) is 6.92 Å². The number of aromatic amines is 1. The van der Waals surface area contributed by atoms with E-state index in [-0.39, 0.29) is 64.5 Å². The van der Waals surface area contributed by atoms with Gasteiger partial charge in [-0.1, -0.05) is 13.3 Å². The standard InChI is InChI=1S/C28H33F2N3O5/c1-3-21(34)19(10-14-6-5-9-22(14)35)32-27(36)26-16-8-4-7-15(16)13-33(26)28(37)20-11-17-23(38-2)12-18(29)24(30)25(17)31-20/h11-12,14-16,19,26,31H,3-10,13H2,1-2H3,(H,32,36). The number of carbonyl (C=O) groups is 4. The Morgan fingerprint density at radius 1 is 1.18 bits per heavy atom. The van der Waals surface area contributed by atoms with Crippen molar-refractivity contribution in [2.75, 3.05) is 13.7 Å². The van der Waals surface area contributed by atoms with Crippen LogP contribution in [0.5, 0.6) is 5.75 Å². The average Bonchev–Trinajstić information content (AvgIpc) is 3.69. The van der Waals surface area contributed by atoms with Crippen molar-refractivity contribution in [3.8, 4) is 5.75 Å². The van der Waals surface area contributed by atoms with Crippen molar-refractivity contribution in [1.82, 2.24) is 15.2 Å². The summed E-state index contributed by atoms with van der Waals surface area (Å²) in [5.41, 5.74) is -0.154. The van der Waals surface area contributed by atoms with Crippen LogP contribution in [0.3, 0.4) is 0 Å². The minimum atomic E-state index is -1.12. The molecule has 2 heterocycles. The van der Waals surface area contributed by atoms with Gasteiger partial charge in [-0.25, -0.2) is 8.78 Å². The zero-order chi connectivity index (χ0) is 27.1. The van der Waals surface area contributed by atoms with Crippen LogP contribution >= 0.6 is 0 Å². The van der Waals surface area contributed by atoms with E-state index in [9.17, 15) is 28.0 Å². The van der Waals surface area contributed by atoms with Gasteiger partial charge >= 0.3 is 0 Å². The number of methoxy groups -OCH3 is 1. The van der Waals surface area contributed by atoms with Crippen LogP contribution in [0, 0.1) is 29.4 Å². The SMILES string of the molecule is CCC(=O)C(CC1CCCC1=O)NC(=O)C1C2CCCC2CN1C(=O)c1cc2c(OC)cc(F)c(F)c2[nH]1. The maximum absolute atomic E-state index is 14.5. The Balaban J connectivity index is 1.42. The largest absolute Gasteiger partial charge is 0.496 e. The van der Waals surface area contributed by atoms with Crippen LogP contribution in [0.25, 0.3) is 10.9 Å². The first-order chi connectivity index (χ1) is 18.2. The summed E-state index contributed by atoms with van der Waals surface area (Å²) < 4.78 is 33.7. The fourth-order valence-electron chi connectivity index (χ4n) is 6.68. The number of halogens is 2. The molecule has 3 aliphatic rings. The maximum atomic E-state index is 14.5. The third-order valence-electron chi connectivity index (χ3n) is 8.65. The second kappa shape index (κ2) is 10.5. The molecule has 0 bridgehead atoms. The highest BCUT2D eigenvalue weighted by atomic mass is 19.2. The first-order valence-corrected chi connectivity index (χ1v) is 13.4. The molecule has 5 unspecified atom stereocenters. The normalized spacial score (nSPS) is 25.6. The minimum Gasteiger partial charge on any atom is -0.496 e. The first kappa shape index (κ1) is 26.3. The van der Waals surface area contributed by atoms with Crippen molar-refractivity contribution in [2.24, 2.45) is 17.8 Å². The van der Waals surface area contributed by atoms with Gasteiger partial charge in [0, 0.05) is 36.8 Å². The van der Waals surface area contributed by atoms with E-state index in [2.05, 4.69) is 10.3 Å². The number of nitrogens with one attached hydrogen (secondary N) is 2. The van der Waals surface area contributed by atoms with Crippen LogP contribution in [0.4, 0.5) is 8.78 Å². The van der Waals surface area contributed by atoms with E-state index in [0.29, 0.717) is 19.4 Å². The van der Waals surface area contributed by atoms with E-state index in [1.807, 2.05) is 0 Å². The molecule has 1 aliphatic heterocycles. The number of H-pyrrole nitrogens is 1. The predicted molar refractivity (Wildman–Crippen MR) is 135 cm³/mol. The number of fused-ring (bicyclic) bond motifs is 2. The number of aromatic nitrogens is 1. The zero-order valence-electron chi connectivity index (χ0n) is 21.6. The molecule has 204 valence electrons. The molecule has 2 N–H and O–H groups in total. The molecule has 2 saturated carbocycles. The van der Waals surface area contributed by atoms with Gasteiger partial charge in [0.2, 0.25) is 5.91 Å². The van der Waals surface area contributed by atoms with Crippen LogP contribution in [0.1, 0.15) is 68.8 Å². The topological polar surface area (TPSA) is 109 Å². The molecule has 0 radical (unpaired) electrons. The van der Waals surface area contributed by atoms with Gasteiger partial charge in [-0.2, -0.15) is 0 Å². The number of likely N-dealkylation sites (tertiary alicyclic amines) is 1. The molecule has 2 amide bonds. The lowest BCUT2D eigenvalue weighted by Crippen LogP contribution is -2.53. The third-order valence-corrected chi connectivity index (χ3v) is 8.65. The highest BCUT2D eigenvalue weighted by Crippen LogP contribution is 2.43. The summed E-state index contributed by atoms with van der Waals surface area (Å²) in [6.07, 6.45) is 5.11. The van der Waals surface area contributed by atoms with Crippen molar-refractivity contribution >= 4 is 34.3 Å². The summed E-state index contributed by atoms with van der Waals surface area (Å²) in [5, 5.41) is 3.12. The van der Waals surface area contributed by atoms with Crippen LogP contribution in [-0.2, 0) is 14.4 Å². The maximum Gasteiger partial charge on any atom is 0.271 e. The second-order valence-corrected chi connectivity index (χ2v) is 10.8. The molecule has 5 atom stereocenters. The van der Waals surface area contributed by atoms with Gasteiger partial charge in [0.1, 0.15) is 23.3 Å². The molecule has 1 saturated heterocycles. The van der Waals surface area contributed by atoms with Gasteiger partial charge < -0.3 is 19.9 Å². The van der Waals surface area contributed by atoms with Gasteiger partial charge in [-0.3, -0.25) is 19.2 Å². The second-order valence-electron chi connectivity index (χ2n) is 10.8. The Hall–Kier alpha value is -3.30. The highest BCUT2D eigenvalue weighted by molar-refractivity contribution is 6.02. The number of benzene rings is 1. The van der Waals surface area contributed by atoms with Crippen LogP contribution in [0.2, 0.25) is 0 Å². The number of ketones is 2. The molecular weight excluding hydrogens is 496 g/mol. The molecule has 8 nitrogen and oxygen atoms in total. The number of carbonyl (C=O) groups excluding carboxylic acids is 4. The fourth-order valence-corrected chi connectivity index (χ4v) is 6.68. The van der Waals surface area contributed by atoms with E-state index in [4.69, 9.17) is 4.74 Å². The zero-order valence-corrected chi connectivity index (χ0v) is 21.6. The highest BCUT2D eigenvalue weighted by Gasteiger charge is 2.50. The number of Topliss-reactive ketones (excluding diaryl/α,β-unsaturated/α-hetero) is 2. The number of nitrogens with zero attached hydrogens (tertiary/aromatic N) is 1. The Labute approximate surface area is 219 Å². The van der Waals surface area contributed by atoms with Crippen molar-refractivity contribution in [3.63, 3.8) is 0 Å². The van der Waals surface area contributed by atoms with Gasteiger partial charge in [0.05, 0.1) is 18.7 Å². The van der Waals surface area contributed by atoms with E-state index >= 15 is 0 Å². The summed E-state index contributed by atoms with van der Waals surface area (Å²) >= 11 is 0. The number of ether oxygens (including phenoxy) is 1. The monoisotopic (exact) mass is 529 g/mol. The van der Waals surface area contributed by atoms with E-state index in [0.717, 1.165) is 31.7 Å². The van der Waals surface area contributed by atoms with Crippen LogP contribution < -0.4 is 10.1 Å². The van der Waals surface area contributed by atoms with Gasteiger partial charge in [0.15, 0.2) is 17.4 Å². The number of amides is 2. The summed E-state index contributed by atoms with van der Waals surface area (Å²) in [4.78, 5) is 56.6. The average molecular weight is 530 g/mol. The van der Waals surface area contributed by atoms with Gasteiger partial charge in [-0.05, 0) is 50.0 Å². The number of rotatable bonds is 8. The van der Waals surface area contributed by atoms with E-state index < -0.39 is 35.5 Å². The fraction of sp³-hybridized carbons (Fsp3) is 0.571. The molecular formula is C28H33F2N3O5. The Kier molecular flexibility index (Phi) is 7.24. The molecule has 5 rings (SSSR count). The Morgan fingerprint density at radius 2 is 1.97 bits per heavy atom. The molecule has 10 heteroatoms. The lowest BCUT2D eigenvalue weighted by Gasteiger charge is -2.29. The van der Waals surface area contributed by atoms with Crippen molar-refractivity contribution in [2.45, 2.75) is 70.4 Å². The predicted octanol–water partition coefficient (Wildman–Crippen LogP) is 3.92. The first-order valence-electron chi connectivity index (χ1n) is 13.4. The number of hydrogen-bond acceptors (Lipinski definition) is 5. The Bertz CT molecular complexity index is 1290. The van der Waals surface area contributed by atoms with E-state index in [1.165, 1.54) is 18.1 Å². The van der Waals surface area contributed by atoms with Gasteiger partial charge in [0.25, 0.3) is 5.91 Å². The van der Waals surface area contributed by atoms with Crippen LogP contribution in [0.15, 0.2) is 12.1 Å². The van der Waals surface area contributed by atoms with Crippen molar-refractivity contribution in [1.29, 1.82) is 0 Å². The molecule has 0 spiro atoms. The molecule has 2 aromatic rings. The smallest absolute Gasteiger partial charge is 0.271 e. The molecule has 38 heavy (non-hydrogen) atoms. The molecule has 3 fully saturated rings. The van der Waals surface area contributed by atoms with Crippen molar-refractivity contribution in [3.05, 3.63) is 29.5 Å². The minimum absolute atomic E-state index is 0.0262. The van der Waals surface area contributed by atoms with Gasteiger partial charge in [-0.15, -0.1) is 0 Å².